The molecule has 2 aliphatic rings. The first-order valence-electron chi connectivity index (χ1n) is 11.5. The topological polar surface area (TPSA) is 59.3 Å². The van der Waals surface area contributed by atoms with E-state index < -0.39 is 0 Å². The molecule has 7 nitrogen and oxygen atoms in total. The van der Waals surface area contributed by atoms with Crippen LogP contribution < -0.4 is 10.6 Å². The van der Waals surface area contributed by atoms with Crippen LogP contribution in [0, 0.1) is 0 Å². The number of unbranched alkanes of at least 4 members (excludes halogenated alkanes) is 1. The summed E-state index contributed by atoms with van der Waals surface area (Å²) in [5, 5.41) is 6.91. The lowest BCUT2D eigenvalue weighted by atomic mass is 10.2. The molecule has 0 aliphatic carbocycles. The van der Waals surface area contributed by atoms with Crippen LogP contribution in [0.4, 0.5) is 0 Å². The molecule has 0 saturated carbocycles. The van der Waals surface area contributed by atoms with Crippen molar-refractivity contribution in [2.45, 2.75) is 38.6 Å². The number of piperazine rings is 1. The third-order valence-electron chi connectivity index (χ3n) is 6.01. The molecule has 1 aromatic rings. The summed E-state index contributed by atoms with van der Waals surface area (Å²) >= 11 is 0. The van der Waals surface area contributed by atoms with Gasteiger partial charge < -0.3 is 24.9 Å². The number of likely N-dealkylation sites (tertiary alicyclic amines) is 1. The van der Waals surface area contributed by atoms with Crippen LogP contribution in [0.25, 0.3) is 0 Å². The number of guanidine groups is 1. The predicted octanol–water partition coefficient (Wildman–Crippen LogP) is 2.62. The first kappa shape index (κ1) is 25.4. The molecule has 2 fully saturated rings. The van der Waals surface area contributed by atoms with E-state index >= 15 is 0 Å². The number of rotatable bonds is 10. The van der Waals surface area contributed by atoms with E-state index in [1.54, 1.807) is 6.26 Å². The van der Waals surface area contributed by atoms with Crippen molar-refractivity contribution >= 4 is 29.9 Å². The summed E-state index contributed by atoms with van der Waals surface area (Å²) in [6.07, 6.45) is 6.72. The average Bonchev–Trinajstić information content (AvgIpc) is 3.44. The first-order valence-corrected chi connectivity index (χ1v) is 11.5. The number of likely N-dealkylation sites (N-methyl/N-ethyl adjacent to an activating group) is 1. The molecule has 0 amide bonds. The standard InChI is InChI=1S/C22H40N6O.HI/c1-3-23-22(24-10-4-5-11-27-16-14-26(2)15-17-27)25-19-20(21-9-8-18-29-21)28-12-6-7-13-28;/h8-9,18,20H,3-7,10-17,19H2,1-2H3,(H2,23,24,25);1H. The highest BCUT2D eigenvalue weighted by atomic mass is 127. The van der Waals surface area contributed by atoms with Gasteiger partial charge in [0.2, 0.25) is 0 Å². The number of aliphatic imine (C=N–C) groups is 1. The largest absolute Gasteiger partial charge is 0.468 e. The summed E-state index contributed by atoms with van der Waals surface area (Å²) in [5.41, 5.74) is 0. The van der Waals surface area contributed by atoms with Crippen LogP contribution in [0.1, 0.15) is 44.4 Å². The third kappa shape index (κ3) is 8.36. The van der Waals surface area contributed by atoms with E-state index in [9.17, 15) is 0 Å². The molecule has 30 heavy (non-hydrogen) atoms. The van der Waals surface area contributed by atoms with Crippen LogP contribution >= 0.6 is 24.0 Å². The smallest absolute Gasteiger partial charge is 0.191 e. The Balaban J connectivity index is 0.00000320. The highest BCUT2D eigenvalue weighted by Crippen LogP contribution is 2.25. The highest BCUT2D eigenvalue weighted by molar-refractivity contribution is 14.0. The van der Waals surface area contributed by atoms with Gasteiger partial charge in [-0.3, -0.25) is 9.89 Å². The van der Waals surface area contributed by atoms with Gasteiger partial charge >= 0.3 is 0 Å². The van der Waals surface area contributed by atoms with E-state index in [-0.39, 0.29) is 30.0 Å². The molecule has 3 rings (SSSR count). The van der Waals surface area contributed by atoms with Crippen molar-refractivity contribution in [3.8, 4) is 0 Å². The monoisotopic (exact) mass is 532 g/mol. The number of nitrogens with one attached hydrogen (secondary N) is 2. The summed E-state index contributed by atoms with van der Waals surface area (Å²) in [5.74, 6) is 1.95. The lowest BCUT2D eigenvalue weighted by molar-refractivity contribution is 0.152. The van der Waals surface area contributed by atoms with Crippen LogP contribution in [0.3, 0.4) is 0 Å². The van der Waals surface area contributed by atoms with E-state index in [1.165, 1.54) is 58.4 Å². The number of nitrogens with zero attached hydrogens (tertiary/aromatic N) is 4. The van der Waals surface area contributed by atoms with Crippen molar-refractivity contribution in [3.63, 3.8) is 0 Å². The fourth-order valence-corrected chi connectivity index (χ4v) is 4.18. The second-order valence-corrected chi connectivity index (χ2v) is 8.27. The Morgan fingerprint density at radius 3 is 2.53 bits per heavy atom. The predicted molar refractivity (Wildman–Crippen MR) is 135 cm³/mol. The van der Waals surface area contributed by atoms with Gasteiger partial charge in [-0.1, -0.05) is 0 Å². The molecule has 172 valence electrons. The fraction of sp³-hybridized carbons (Fsp3) is 0.773. The van der Waals surface area contributed by atoms with Gasteiger partial charge in [0.15, 0.2) is 5.96 Å². The molecule has 0 radical (unpaired) electrons. The van der Waals surface area contributed by atoms with Gasteiger partial charge in [0, 0.05) is 39.3 Å². The van der Waals surface area contributed by atoms with Gasteiger partial charge in [0.1, 0.15) is 5.76 Å². The van der Waals surface area contributed by atoms with Crippen LogP contribution in [-0.2, 0) is 0 Å². The van der Waals surface area contributed by atoms with Crippen molar-refractivity contribution in [2.75, 3.05) is 72.5 Å². The molecule has 1 aromatic heterocycles. The van der Waals surface area contributed by atoms with E-state index in [2.05, 4.69) is 45.4 Å². The molecule has 0 aromatic carbocycles. The van der Waals surface area contributed by atoms with Gasteiger partial charge in [-0.05, 0) is 71.4 Å². The van der Waals surface area contributed by atoms with E-state index in [0.29, 0.717) is 0 Å². The van der Waals surface area contributed by atoms with Gasteiger partial charge in [-0.25, -0.2) is 0 Å². The molecule has 1 atom stereocenters. The van der Waals surface area contributed by atoms with Crippen molar-refractivity contribution in [2.24, 2.45) is 4.99 Å². The Labute approximate surface area is 199 Å². The number of halogens is 1. The zero-order valence-corrected chi connectivity index (χ0v) is 21.1. The zero-order chi connectivity index (χ0) is 20.3. The maximum atomic E-state index is 5.72. The number of hydrogen-bond donors (Lipinski definition) is 2. The van der Waals surface area contributed by atoms with E-state index in [0.717, 1.165) is 44.4 Å². The molecular formula is C22H41IN6O. The van der Waals surface area contributed by atoms with Crippen LogP contribution in [0.5, 0.6) is 0 Å². The third-order valence-corrected chi connectivity index (χ3v) is 6.01. The minimum absolute atomic E-state index is 0. The van der Waals surface area contributed by atoms with Crippen LogP contribution in [-0.4, -0.2) is 93.2 Å². The van der Waals surface area contributed by atoms with Gasteiger partial charge in [0.25, 0.3) is 0 Å². The minimum atomic E-state index is 0. The molecule has 2 saturated heterocycles. The first-order chi connectivity index (χ1) is 14.3. The normalized spacial score (nSPS) is 20.1. The molecule has 2 aliphatic heterocycles. The second-order valence-electron chi connectivity index (χ2n) is 8.27. The summed E-state index contributed by atoms with van der Waals surface area (Å²) in [6.45, 7) is 13.0. The Kier molecular flexibility index (Phi) is 12.1. The van der Waals surface area contributed by atoms with Crippen LogP contribution in [0.2, 0.25) is 0 Å². The Bertz CT molecular complexity index is 582. The molecule has 8 heteroatoms. The number of furan rings is 1. The molecule has 3 heterocycles. The summed E-state index contributed by atoms with van der Waals surface area (Å²) < 4.78 is 5.72. The second kappa shape index (κ2) is 14.3. The minimum Gasteiger partial charge on any atom is -0.468 e. The molecule has 0 bridgehead atoms. The SMILES string of the molecule is CCNC(=NCC(c1ccco1)N1CCCC1)NCCCCN1CCN(C)CC1.I. The number of hydrogen-bond acceptors (Lipinski definition) is 5. The maximum Gasteiger partial charge on any atom is 0.191 e. The molecule has 1 unspecified atom stereocenters. The Morgan fingerprint density at radius 1 is 1.10 bits per heavy atom. The summed E-state index contributed by atoms with van der Waals surface area (Å²) in [7, 11) is 2.21. The molecule has 2 N–H and O–H groups in total. The lowest BCUT2D eigenvalue weighted by Gasteiger charge is -2.32. The van der Waals surface area contributed by atoms with Gasteiger partial charge in [0.05, 0.1) is 18.8 Å². The zero-order valence-electron chi connectivity index (χ0n) is 18.8. The van der Waals surface area contributed by atoms with E-state index in [1.807, 2.05) is 6.07 Å². The van der Waals surface area contributed by atoms with Crippen molar-refractivity contribution in [1.82, 2.24) is 25.3 Å². The van der Waals surface area contributed by atoms with Crippen LogP contribution in [0.15, 0.2) is 27.8 Å². The van der Waals surface area contributed by atoms with Gasteiger partial charge in [-0.15, -0.1) is 24.0 Å². The summed E-state index contributed by atoms with van der Waals surface area (Å²) in [6, 6.07) is 4.29. The molecule has 0 spiro atoms. The van der Waals surface area contributed by atoms with Crippen molar-refractivity contribution in [3.05, 3.63) is 24.2 Å². The summed E-state index contributed by atoms with van der Waals surface area (Å²) in [4.78, 5) is 12.4. The molecular weight excluding hydrogens is 491 g/mol. The quantitative estimate of drug-likeness (QED) is 0.209. The van der Waals surface area contributed by atoms with E-state index in [4.69, 9.17) is 9.41 Å². The maximum absolute atomic E-state index is 5.72. The fourth-order valence-electron chi connectivity index (χ4n) is 4.18. The van der Waals surface area contributed by atoms with Crippen molar-refractivity contribution in [1.29, 1.82) is 0 Å². The lowest BCUT2D eigenvalue weighted by Crippen LogP contribution is -2.44. The Morgan fingerprint density at radius 2 is 1.87 bits per heavy atom. The van der Waals surface area contributed by atoms with Crippen molar-refractivity contribution < 1.29 is 4.42 Å². The Hall–Kier alpha value is -0.840. The highest BCUT2D eigenvalue weighted by Gasteiger charge is 2.25. The van der Waals surface area contributed by atoms with Gasteiger partial charge in [-0.2, -0.15) is 0 Å². The average molecular weight is 533 g/mol.